The second kappa shape index (κ2) is 7.00. The number of ether oxygens (including phenoxy) is 2. The molecular formula is C15H20F2N2O3. The van der Waals surface area contributed by atoms with Gasteiger partial charge >= 0.3 is 5.97 Å². The summed E-state index contributed by atoms with van der Waals surface area (Å²) in [4.78, 5) is 17.6. The Morgan fingerprint density at radius 3 is 2.55 bits per heavy atom. The number of nitrogens with zero attached hydrogens (tertiary/aromatic N) is 2. The van der Waals surface area contributed by atoms with Gasteiger partial charge in [-0.25, -0.2) is 18.6 Å². The van der Waals surface area contributed by atoms with Crippen molar-refractivity contribution in [1.82, 2.24) is 4.98 Å². The maximum absolute atomic E-state index is 13.4. The maximum atomic E-state index is 13.4. The molecule has 3 rings (SSSR count). The Kier molecular flexibility index (Phi) is 5.28. The molecular weight excluding hydrogens is 294 g/mol. The van der Waals surface area contributed by atoms with Crippen LogP contribution >= 0.6 is 0 Å². The highest BCUT2D eigenvalue weighted by atomic mass is 19.2. The first-order valence-corrected chi connectivity index (χ1v) is 7.32. The first kappa shape index (κ1) is 16.6. The van der Waals surface area contributed by atoms with Crippen LogP contribution in [0.1, 0.15) is 35.5 Å². The smallest absolute Gasteiger partial charge is 0.341 e. The third-order valence-corrected chi connectivity index (χ3v) is 3.55. The van der Waals surface area contributed by atoms with Gasteiger partial charge in [0.1, 0.15) is 11.4 Å². The number of alkyl halides is 2. The number of anilines is 1. The van der Waals surface area contributed by atoms with Gasteiger partial charge in [0, 0.05) is 5.56 Å². The summed E-state index contributed by atoms with van der Waals surface area (Å²) in [6.45, 7) is 4.50. The number of carbonyl (C=O) groups excluding carboxylic acids is 1. The van der Waals surface area contributed by atoms with Crippen LogP contribution in [-0.2, 0) is 22.7 Å². The molecule has 2 aliphatic heterocycles. The zero-order valence-electron chi connectivity index (χ0n) is 12.9. The van der Waals surface area contributed by atoms with E-state index in [1.165, 1.54) is 12.0 Å². The van der Waals surface area contributed by atoms with Crippen molar-refractivity contribution in [3.8, 4) is 0 Å². The predicted octanol–water partition coefficient (Wildman–Crippen LogP) is 2.42. The SMILES string of the molecule is CC.COC(=O)c1cc2c(nc1N1CC(F)C(F)C1)COC2. The van der Waals surface area contributed by atoms with Crippen LogP contribution in [0.5, 0.6) is 0 Å². The molecule has 2 aliphatic rings. The Morgan fingerprint density at radius 2 is 1.95 bits per heavy atom. The third kappa shape index (κ3) is 3.04. The molecule has 0 spiro atoms. The number of esters is 1. The number of rotatable bonds is 2. The number of hydrogen-bond donors (Lipinski definition) is 0. The van der Waals surface area contributed by atoms with Crippen molar-refractivity contribution < 1.29 is 23.0 Å². The van der Waals surface area contributed by atoms with E-state index in [2.05, 4.69) is 4.98 Å². The number of aromatic nitrogens is 1. The third-order valence-electron chi connectivity index (χ3n) is 3.55. The van der Waals surface area contributed by atoms with Gasteiger partial charge in [-0.15, -0.1) is 0 Å². The van der Waals surface area contributed by atoms with E-state index < -0.39 is 18.3 Å². The van der Waals surface area contributed by atoms with E-state index in [0.29, 0.717) is 18.9 Å². The Morgan fingerprint density at radius 1 is 1.32 bits per heavy atom. The van der Waals surface area contributed by atoms with Crippen LogP contribution in [0.3, 0.4) is 0 Å². The van der Waals surface area contributed by atoms with Gasteiger partial charge in [0.2, 0.25) is 0 Å². The normalized spacial score (nSPS) is 22.9. The summed E-state index contributed by atoms with van der Waals surface area (Å²) in [5.74, 6) is -0.302. The minimum atomic E-state index is -1.56. The fraction of sp³-hybridized carbons (Fsp3) is 0.600. The zero-order chi connectivity index (χ0) is 16.3. The first-order valence-electron chi connectivity index (χ1n) is 7.32. The van der Waals surface area contributed by atoms with Crippen molar-refractivity contribution in [2.24, 2.45) is 0 Å². The highest BCUT2D eigenvalue weighted by molar-refractivity contribution is 5.95. The molecule has 1 saturated heterocycles. The van der Waals surface area contributed by atoms with E-state index in [1.807, 2.05) is 13.8 Å². The highest BCUT2D eigenvalue weighted by Gasteiger charge is 2.36. The van der Waals surface area contributed by atoms with E-state index in [0.717, 1.165) is 5.56 Å². The number of halogens is 2. The summed E-state index contributed by atoms with van der Waals surface area (Å²) in [7, 11) is 1.26. The minimum Gasteiger partial charge on any atom is -0.465 e. The van der Waals surface area contributed by atoms with Crippen LogP contribution in [0.25, 0.3) is 0 Å². The molecule has 0 aromatic carbocycles. The first-order chi connectivity index (χ1) is 10.6. The lowest BCUT2D eigenvalue weighted by molar-refractivity contribution is 0.0601. The van der Waals surface area contributed by atoms with E-state index in [4.69, 9.17) is 9.47 Å². The zero-order valence-corrected chi connectivity index (χ0v) is 12.9. The van der Waals surface area contributed by atoms with Gasteiger partial charge in [0.05, 0.1) is 39.1 Å². The van der Waals surface area contributed by atoms with E-state index in [-0.39, 0.29) is 24.5 Å². The van der Waals surface area contributed by atoms with Gasteiger partial charge in [-0.3, -0.25) is 0 Å². The molecule has 7 heteroatoms. The van der Waals surface area contributed by atoms with Crippen LogP contribution in [0.2, 0.25) is 0 Å². The Hall–Kier alpha value is -1.76. The summed E-state index contributed by atoms with van der Waals surface area (Å²) in [6, 6.07) is 1.63. The molecule has 1 aromatic rings. The van der Waals surface area contributed by atoms with Gasteiger partial charge in [-0.05, 0) is 6.07 Å². The summed E-state index contributed by atoms with van der Waals surface area (Å²) in [5.41, 5.74) is 1.73. The number of methoxy groups -OCH3 is 1. The van der Waals surface area contributed by atoms with Crippen molar-refractivity contribution in [3.63, 3.8) is 0 Å². The lowest BCUT2D eigenvalue weighted by atomic mass is 10.1. The second-order valence-electron chi connectivity index (χ2n) is 4.89. The molecule has 22 heavy (non-hydrogen) atoms. The monoisotopic (exact) mass is 314 g/mol. The molecule has 122 valence electrons. The van der Waals surface area contributed by atoms with E-state index >= 15 is 0 Å². The van der Waals surface area contributed by atoms with Crippen molar-refractivity contribution in [2.75, 3.05) is 25.1 Å². The number of hydrogen-bond acceptors (Lipinski definition) is 5. The fourth-order valence-electron chi connectivity index (χ4n) is 2.49. The second-order valence-corrected chi connectivity index (χ2v) is 4.89. The highest BCUT2D eigenvalue weighted by Crippen LogP contribution is 2.30. The summed E-state index contributed by atoms with van der Waals surface area (Å²) in [6.07, 6.45) is -3.13. The van der Waals surface area contributed by atoms with E-state index in [1.54, 1.807) is 6.07 Å². The van der Waals surface area contributed by atoms with Gasteiger partial charge < -0.3 is 14.4 Å². The molecule has 0 aliphatic carbocycles. The molecule has 0 amide bonds. The number of carbonyl (C=O) groups is 1. The minimum absolute atomic E-state index is 0.113. The molecule has 0 saturated carbocycles. The van der Waals surface area contributed by atoms with Crippen molar-refractivity contribution in [2.45, 2.75) is 39.4 Å². The lowest BCUT2D eigenvalue weighted by Gasteiger charge is -2.19. The van der Waals surface area contributed by atoms with Crippen LogP contribution < -0.4 is 4.90 Å². The van der Waals surface area contributed by atoms with Crippen molar-refractivity contribution >= 4 is 11.8 Å². The van der Waals surface area contributed by atoms with Crippen LogP contribution in [-0.4, -0.2) is 43.5 Å². The Bertz CT molecular complexity index is 544. The standard InChI is InChI=1S/C13H14F2N2O3.C2H6/c1-19-13(18)8-2-7-5-20-6-11(7)16-12(8)17-3-9(14)10(15)4-17;1-2/h2,9-10H,3-6H2,1H3;1-2H3. The molecule has 3 heterocycles. The summed E-state index contributed by atoms with van der Waals surface area (Å²) >= 11 is 0. The van der Waals surface area contributed by atoms with Crippen LogP contribution in [0.15, 0.2) is 6.07 Å². The molecule has 0 radical (unpaired) electrons. The van der Waals surface area contributed by atoms with E-state index in [9.17, 15) is 13.6 Å². The molecule has 5 nitrogen and oxygen atoms in total. The maximum Gasteiger partial charge on any atom is 0.341 e. The molecule has 1 fully saturated rings. The fourth-order valence-corrected chi connectivity index (χ4v) is 2.49. The predicted molar refractivity (Wildman–Crippen MR) is 77.4 cm³/mol. The quantitative estimate of drug-likeness (QED) is 0.785. The summed E-state index contributed by atoms with van der Waals surface area (Å²) < 4.78 is 36.7. The van der Waals surface area contributed by atoms with Crippen LogP contribution in [0.4, 0.5) is 14.6 Å². The molecule has 2 unspecified atom stereocenters. The number of fused-ring (bicyclic) bond motifs is 1. The Balaban J connectivity index is 0.000000847. The van der Waals surface area contributed by atoms with Gasteiger partial charge in [-0.1, -0.05) is 13.8 Å². The van der Waals surface area contributed by atoms with Crippen molar-refractivity contribution in [1.29, 1.82) is 0 Å². The molecule has 0 N–H and O–H groups in total. The topological polar surface area (TPSA) is 51.7 Å². The molecule has 2 atom stereocenters. The molecule has 0 bridgehead atoms. The summed E-state index contributed by atoms with van der Waals surface area (Å²) in [5, 5.41) is 0. The average Bonchev–Trinajstić information content (AvgIpc) is 3.13. The van der Waals surface area contributed by atoms with Gasteiger partial charge in [-0.2, -0.15) is 0 Å². The van der Waals surface area contributed by atoms with Gasteiger partial charge in [0.25, 0.3) is 0 Å². The lowest BCUT2D eigenvalue weighted by Crippen LogP contribution is -2.25. The van der Waals surface area contributed by atoms with Crippen LogP contribution in [0, 0.1) is 0 Å². The Labute approximate surface area is 128 Å². The van der Waals surface area contributed by atoms with Crippen molar-refractivity contribution in [3.05, 3.63) is 22.9 Å². The largest absolute Gasteiger partial charge is 0.465 e. The van der Waals surface area contributed by atoms with Gasteiger partial charge in [0.15, 0.2) is 12.3 Å². The molecule has 1 aromatic heterocycles. The average molecular weight is 314 g/mol. The number of pyridine rings is 1.